The molecular weight excluding hydrogens is 534 g/mol. The number of benzene rings is 2. The number of hydrogen-bond donors (Lipinski definition) is 0. The lowest BCUT2D eigenvalue weighted by molar-refractivity contribution is -0.204. The van der Waals surface area contributed by atoms with Crippen molar-refractivity contribution < 1.29 is 31.9 Å². The molecule has 0 radical (unpaired) electrons. The van der Waals surface area contributed by atoms with Gasteiger partial charge in [0, 0.05) is 30.6 Å². The summed E-state index contributed by atoms with van der Waals surface area (Å²) in [6.45, 7) is 0.527. The zero-order chi connectivity index (χ0) is 27.4. The molecule has 39 heavy (non-hydrogen) atoms. The lowest BCUT2D eigenvalue weighted by atomic mass is 9.92. The van der Waals surface area contributed by atoms with E-state index in [-0.39, 0.29) is 18.5 Å². The van der Waals surface area contributed by atoms with Crippen LogP contribution in [-0.2, 0) is 26.3 Å². The maximum Gasteiger partial charge on any atom is 0.491 e. The zero-order valence-electron chi connectivity index (χ0n) is 20.4. The molecule has 1 aliphatic carbocycles. The van der Waals surface area contributed by atoms with Gasteiger partial charge in [-0.05, 0) is 42.2 Å². The van der Waals surface area contributed by atoms with Crippen LogP contribution < -0.4 is 0 Å². The maximum absolute atomic E-state index is 15.1. The summed E-state index contributed by atoms with van der Waals surface area (Å²) in [6.07, 6.45) is -1.42. The standard InChI is InChI=1S/C28H21F4N3O3S/c29-20-10-16(13-35-14-17(15-35)25(36)38-26(37)28(30,31)32)6-7-19(20)24-34-21-12-33-23(11-22(21)39-24)27(8-9-27)18-4-2-1-3-5-18/h1-7,10-12,17H,8-9,13-15H2. The molecule has 0 spiro atoms. The summed E-state index contributed by atoms with van der Waals surface area (Å²) in [5.41, 5.74) is 3.86. The fourth-order valence-corrected chi connectivity index (χ4v) is 5.95. The number of esters is 2. The minimum Gasteiger partial charge on any atom is -0.386 e. The Bertz CT molecular complexity index is 1580. The third-order valence-corrected chi connectivity index (χ3v) is 8.28. The molecule has 2 aromatic heterocycles. The first-order valence-corrected chi connectivity index (χ1v) is 13.1. The highest BCUT2D eigenvalue weighted by Gasteiger charge is 2.47. The third kappa shape index (κ3) is 4.92. The number of ether oxygens (including phenoxy) is 1. The van der Waals surface area contributed by atoms with Gasteiger partial charge in [0.05, 0.1) is 22.5 Å². The molecule has 6 rings (SSSR count). The Morgan fingerprint density at radius 1 is 1.08 bits per heavy atom. The number of nitrogens with zero attached hydrogens (tertiary/aromatic N) is 3. The second-order valence-electron chi connectivity index (χ2n) is 9.92. The summed E-state index contributed by atoms with van der Waals surface area (Å²) < 4.78 is 56.7. The number of hydrogen-bond acceptors (Lipinski definition) is 7. The molecule has 2 aliphatic rings. The number of carbonyl (C=O) groups excluding carboxylic acids is 2. The molecule has 0 unspecified atom stereocenters. The Kier molecular flexibility index (Phi) is 6.22. The molecule has 3 heterocycles. The van der Waals surface area contributed by atoms with E-state index in [2.05, 4.69) is 27.9 Å². The largest absolute Gasteiger partial charge is 0.491 e. The summed E-state index contributed by atoms with van der Waals surface area (Å²) in [5.74, 6) is -5.01. The monoisotopic (exact) mass is 555 g/mol. The van der Waals surface area contributed by atoms with Crippen LogP contribution in [0.25, 0.3) is 20.8 Å². The van der Waals surface area contributed by atoms with Gasteiger partial charge in [-0.15, -0.1) is 11.3 Å². The third-order valence-electron chi connectivity index (χ3n) is 7.23. The van der Waals surface area contributed by atoms with E-state index in [1.54, 1.807) is 23.2 Å². The van der Waals surface area contributed by atoms with Crippen LogP contribution in [0, 0.1) is 11.7 Å². The number of rotatable bonds is 6. The van der Waals surface area contributed by atoms with Crippen LogP contribution in [0.3, 0.4) is 0 Å². The molecule has 0 amide bonds. The second-order valence-corrected chi connectivity index (χ2v) is 10.9. The summed E-state index contributed by atoms with van der Waals surface area (Å²) in [7, 11) is 0. The van der Waals surface area contributed by atoms with Crippen LogP contribution in [0.2, 0.25) is 0 Å². The Labute approximate surface area is 224 Å². The van der Waals surface area contributed by atoms with Crippen LogP contribution in [-0.4, -0.2) is 46.1 Å². The average Bonchev–Trinajstić information content (AvgIpc) is 3.58. The van der Waals surface area contributed by atoms with Gasteiger partial charge in [-0.3, -0.25) is 14.7 Å². The Hall–Kier alpha value is -3.70. The highest BCUT2D eigenvalue weighted by Crippen LogP contribution is 2.53. The fourth-order valence-electron chi connectivity index (χ4n) is 4.95. The second kappa shape index (κ2) is 9.49. The van der Waals surface area contributed by atoms with Crippen molar-refractivity contribution in [3.63, 3.8) is 0 Å². The topological polar surface area (TPSA) is 72.4 Å². The van der Waals surface area contributed by atoms with E-state index < -0.39 is 29.9 Å². The Morgan fingerprint density at radius 2 is 1.82 bits per heavy atom. The van der Waals surface area contributed by atoms with Gasteiger partial charge in [0.1, 0.15) is 16.3 Å². The fraction of sp³-hybridized carbons (Fsp3) is 0.286. The van der Waals surface area contributed by atoms with Crippen molar-refractivity contribution in [3.05, 3.63) is 83.4 Å². The molecular formula is C28H21F4N3O3S. The molecule has 0 atom stereocenters. The number of carbonyl (C=O) groups is 2. The number of halogens is 4. The number of alkyl halides is 3. The van der Waals surface area contributed by atoms with Crippen molar-refractivity contribution in [1.82, 2.24) is 14.9 Å². The van der Waals surface area contributed by atoms with Crippen LogP contribution in [0.1, 0.15) is 29.7 Å². The van der Waals surface area contributed by atoms with Crippen molar-refractivity contribution in [3.8, 4) is 10.6 Å². The van der Waals surface area contributed by atoms with E-state index in [9.17, 15) is 22.8 Å². The SMILES string of the molecule is O=C(OC(=O)C(F)(F)F)C1CN(Cc2ccc(-c3nc4cnc(C5(c6ccccc6)CC5)cc4s3)c(F)c2)C1. The Morgan fingerprint density at radius 3 is 2.49 bits per heavy atom. The minimum atomic E-state index is -5.22. The molecule has 0 N–H and O–H groups in total. The van der Waals surface area contributed by atoms with Crippen molar-refractivity contribution in [1.29, 1.82) is 0 Å². The zero-order valence-corrected chi connectivity index (χ0v) is 21.2. The van der Waals surface area contributed by atoms with Gasteiger partial charge in [-0.1, -0.05) is 36.4 Å². The molecule has 2 fully saturated rings. The van der Waals surface area contributed by atoms with E-state index in [1.807, 2.05) is 18.2 Å². The van der Waals surface area contributed by atoms with Crippen molar-refractivity contribution in [2.24, 2.45) is 5.92 Å². The maximum atomic E-state index is 15.1. The summed E-state index contributed by atoms with van der Waals surface area (Å²) in [5, 5.41) is 0.540. The summed E-state index contributed by atoms with van der Waals surface area (Å²) in [4.78, 5) is 33.6. The molecule has 200 valence electrons. The molecule has 4 aromatic rings. The highest BCUT2D eigenvalue weighted by molar-refractivity contribution is 7.21. The Balaban J connectivity index is 1.12. The van der Waals surface area contributed by atoms with E-state index >= 15 is 4.39 Å². The van der Waals surface area contributed by atoms with Crippen LogP contribution in [0.15, 0.2) is 60.8 Å². The molecule has 0 bridgehead atoms. The van der Waals surface area contributed by atoms with Crippen LogP contribution in [0.5, 0.6) is 0 Å². The quantitative estimate of drug-likeness (QED) is 0.174. The van der Waals surface area contributed by atoms with Gasteiger partial charge in [0.15, 0.2) is 0 Å². The minimum absolute atomic E-state index is 0.0764. The van der Waals surface area contributed by atoms with E-state index in [1.165, 1.54) is 23.0 Å². The van der Waals surface area contributed by atoms with E-state index in [4.69, 9.17) is 4.98 Å². The number of pyridine rings is 1. The predicted molar refractivity (Wildman–Crippen MR) is 135 cm³/mol. The van der Waals surface area contributed by atoms with Gasteiger partial charge in [0.2, 0.25) is 0 Å². The molecule has 1 saturated heterocycles. The smallest absolute Gasteiger partial charge is 0.386 e. The van der Waals surface area contributed by atoms with Crippen LogP contribution >= 0.6 is 11.3 Å². The molecule has 1 aliphatic heterocycles. The van der Waals surface area contributed by atoms with Gasteiger partial charge >= 0.3 is 18.1 Å². The normalized spacial score (nSPS) is 17.1. The average molecular weight is 556 g/mol. The van der Waals surface area contributed by atoms with Gasteiger partial charge in [-0.25, -0.2) is 14.2 Å². The number of likely N-dealkylation sites (tertiary alicyclic amines) is 1. The molecule has 6 nitrogen and oxygen atoms in total. The lowest BCUT2D eigenvalue weighted by Gasteiger charge is -2.37. The van der Waals surface area contributed by atoms with Crippen molar-refractivity contribution >= 4 is 33.5 Å². The summed E-state index contributed by atoms with van der Waals surface area (Å²) in [6, 6.07) is 17.1. The number of fused-ring (bicyclic) bond motifs is 1. The molecule has 11 heteroatoms. The van der Waals surface area contributed by atoms with Crippen molar-refractivity contribution in [2.45, 2.75) is 31.0 Å². The molecule has 1 saturated carbocycles. The van der Waals surface area contributed by atoms with Crippen LogP contribution in [0.4, 0.5) is 17.6 Å². The first kappa shape index (κ1) is 25.6. The van der Waals surface area contributed by atoms with Gasteiger partial charge < -0.3 is 4.74 Å². The number of thiazole rings is 1. The van der Waals surface area contributed by atoms with E-state index in [0.29, 0.717) is 28.2 Å². The first-order chi connectivity index (χ1) is 18.6. The van der Waals surface area contributed by atoms with E-state index in [0.717, 1.165) is 23.2 Å². The van der Waals surface area contributed by atoms with Gasteiger partial charge in [0.25, 0.3) is 0 Å². The van der Waals surface area contributed by atoms with Crippen molar-refractivity contribution in [2.75, 3.05) is 13.1 Å². The highest BCUT2D eigenvalue weighted by atomic mass is 32.1. The predicted octanol–water partition coefficient (Wildman–Crippen LogP) is 5.64. The number of aromatic nitrogens is 2. The van der Waals surface area contributed by atoms with Gasteiger partial charge in [-0.2, -0.15) is 13.2 Å². The molecule has 2 aromatic carbocycles. The first-order valence-electron chi connectivity index (χ1n) is 12.3. The summed E-state index contributed by atoms with van der Waals surface area (Å²) >= 11 is 1.40. The lowest BCUT2D eigenvalue weighted by Crippen LogP contribution is -2.51.